The van der Waals surface area contributed by atoms with Gasteiger partial charge < -0.3 is 44.1 Å². The number of methoxy groups -OCH3 is 1. The fraction of sp³-hybridized carbons (Fsp3) is 0.545. The zero-order chi connectivity index (χ0) is 34.7. The molecule has 0 bridgehead atoms. The predicted molar refractivity (Wildman–Crippen MR) is 164 cm³/mol. The van der Waals surface area contributed by atoms with Crippen molar-refractivity contribution in [2.24, 2.45) is 5.11 Å². The van der Waals surface area contributed by atoms with E-state index in [2.05, 4.69) is 10.0 Å². The Balaban J connectivity index is 1.36. The van der Waals surface area contributed by atoms with Crippen LogP contribution in [0, 0.1) is 0 Å². The summed E-state index contributed by atoms with van der Waals surface area (Å²) in [6.07, 6.45) is -5.76. The van der Waals surface area contributed by atoms with Crippen LogP contribution in [0.25, 0.3) is 10.4 Å². The first-order chi connectivity index (χ1) is 22.8. The van der Waals surface area contributed by atoms with Crippen LogP contribution in [0.1, 0.15) is 95.5 Å². The maximum atomic E-state index is 13.9. The molecule has 9 atom stereocenters. The number of carbonyl (C=O) groups excluding carboxylic acids is 3. The second-order valence-corrected chi connectivity index (χ2v) is 12.8. The molecule has 4 N–H and O–H groups in total. The van der Waals surface area contributed by atoms with Crippen LogP contribution in [-0.4, -0.2) is 93.5 Å². The number of benzene rings is 2. The van der Waals surface area contributed by atoms with E-state index in [4.69, 9.17) is 23.7 Å². The highest BCUT2D eigenvalue weighted by Gasteiger charge is 2.50. The number of aliphatic hydroxyl groups excluding tert-OH is 1. The Morgan fingerprint density at radius 3 is 2.40 bits per heavy atom. The number of rotatable bonds is 7. The largest absolute Gasteiger partial charge is 0.507 e. The zero-order valence-electron chi connectivity index (χ0n) is 26.8. The van der Waals surface area contributed by atoms with Gasteiger partial charge in [0.25, 0.3) is 0 Å². The predicted octanol–water partition coefficient (Wildman–Crippen LogP) is 3.29. The molecule has 15 nitrogen and oxygen atoms in total. The molecule has 0 saturated carbocycles. The number of phenols is 2. The number of aliphatic hydroxyl groups is 2. The molecule has 6 rings (SSSR count). The van der Waals surface area contributed by atoms with Crippen molar-refractivity contribution in [3.8, 4) is 17.2 Å². The first-order valence-corrected chi connectivity index (χ1v) is 15.7. The van der Waals surface area contributed by atoms with Crippen LogP contribution in [0.2, 0.25) is 0 Å². The Hall–Kier alpha value is -4.08. The highest BCUT2D eigenvalue weighted by atomic mass is 16.7. The third-order valence-electron chi connectivity index (χ3n) is 9.80. The minimum absolute atomic E-state index is 0.0401. The molecule has 0 aromatic heterocycles. The summed E-state index contributed by atoms with van der Waals surface area (Å²) < 4.78 is 29.6. The molecule has 2 saturated heterocycles. The van der Waals surface area contributed by atoms with E-state index in [0.29, 0.717) is 12.8 Å². The number of phenolic OH excluding ortho intramolecular Hbond substituents is 2. The van der Waals surface area contributed by atoms with Crippen LogP contribution in [-0.2, 0) is 30.2 Å². The topological polar surface area (TPSA) is 227 Å². The lowest BCUT2D eigenvalue weighted by molar-refractivity contribution is -0.293. The molecule has 2 aliphatic heterocycles. The number of aromatic hydroxyl groups is 2. The summed E-state index contributed by atoms with van der Waals surface area (Å²) >= 11 is 0. The lowest BCUT2D eigenvalue weighted by Crippen LogP contribution is -2.52. The number of Topliss-reactive ketones (excluding diaryl/α,β-unsaturated/α-hetero) is 1. The van der Waals surface area contributed by atoms with E-state index < -0.39 is 101 Å². The Morgan fingerprint density at radius 2 is 1.73 bits per heavy atom. The number of ether oxygens (including phenoxy) is 5. The summed E-state index contributed by atoms with van der Waals surface area (Å²) in [5.74, 6) is -3.38. The molecule has 48 heavy (non-hydrogen) atoms. The van der Waals surface area contributed by atoms with Crippen molar-refractivity contribution < 1.29 is 58.5 Å². The third-order valence-corrected chi connectivity index (χ3v) is 9.80. The van der Waals surface area contributed by atoms with Crippen molar-refractivity contribution >= 4 is 17.3 Å². The standard InChI is InChI=1S/C33H37N3O12/c1-13-19(38)8-9-22(45-13)48-32-14(2)46-23(10-18(32)35-36-34)47-21-12-33(43,15(3)37)11-17-25(21)31(42)27-26(29(17)40)28(39)16-6-5-7-20(44-4)24(16)30(27)41/h5-7,13-14,18-19,21-23,32,38,40,42-43H,8-12H2,1-4H3/t13?,14?,18?,19?,21-,22?,23?,32?,33-/m0/s1. The van der Waals surface area contributed by atoms with Crippen molar-refractivity contribution in [3.63, 3.8) is 0 Å². The highest BCUT2D eigenvalue weighted by Crippen LogP contribution is 2.52. The van der Waals surface area contributed by atoms with E-state index in [0.717, 1.165) is 0 Å². The smallest absolute Gasteiger partial charge is 0.202 e. The number of fused-ring (bicyclic) bond motifs is 3. The molecule has 7 unspecified atom stereocenters. The van der Waals surface area contributed by atoms with Crippen molar-refractivity contribution in [1.29, 1.82) is 0 Å². The van der Waals surface area contributed by atoms with Crippen LogP contribution < -0.4 is 4.74 Å². The van der Waals surface area contributed by atoms with E-state index >= 15 is 0 Å². The van der Waals surface area contributed by atoms with Crippen LogP contribution in [0.3, 0.4) is 0 Å². The molecule has 2 aliphatic carbocycles. The minimum atomic E-state index is -2.08. The molecule has 0 spiro atoms. The quantitative estimate of drug-likeness (QED) is 0.123. The fourth-order valence-electron chi connectivity index (χ4n) is 7.19. The first kappa shape index (κ1) is 33.8. The van der Waals surface area contributed by atoms with Gasteiger partial charge in [0.15, 0.2) is 24.1 Å². The number of nitrogens with zero attached hydrogens (tertiary/aromatic N) is 3. The van der Waals surface area contributed by atoms with Gasteiger partial charge in [0.1, 0.15) is 22.8 Å². The summed E-state index contributed by atoms with van der Waals surface area (Å²) in [6, 6.07) is 3.58. The Bertz CT molecular complexity index is 1720. The summed E-state index contributed by atoms with van der Waals surface area (Å²) in [5.41, 5.74) is 6.03. The molecule has 2 heterocycles. The van der Waals surface area contributed by atoms with E-state index in [-0.39, 0.29) is 40.8 Å². The van der Waals surface area contributed by atoms with E-state index in [1.807, 2.05) is 0 Å². The van der Waals surface area contributed by atoms with E-state index in [9.17, 15) is 40.3 Å². The van der Waals surface area contributed by atoms with Gasteiger partial charge in [0.2, 0.25) is 5.78 Å². The Morgan fingerprint density at radius 1 is 1.02 bits per heavy atom. The summed E-state index contributed by atoms with van der Waals surface area (Å²) in [4.78, 5) is 43.3. The number of ketones is 3. The van der Waals surface area contributed by atoms with Gasteiger partial charge in [-0.3, -0.25) is 14.4 Å². The van der Waals surface area contributed by atoms with Gasteiger partial charge in [-0.1, -0.05) is 17.2 Å². The average molecular weight is 668 g/mol. The lowest BCUT2D eigenvalue weighted by Gasteiger charge is -2.44. The van der Waals surface area contributed by atoms with Gasteiger partial charge in [0, 0.05) is 47.3 Å². The molecule has 4 aliphatic rings. The SMILES string of the molecule is COc1cccc2c1C(=O)c1c(O)c3c(c(O)c1C2=O)C[C@@](O)(C(C)=O)C[C@@H]3OC1CC(N=[N+]=[N-])C(OC2CCC(O)C(C)O2)C(C)O1. The lowest BCUT2D eigenvalue weighted by atomic mass is 9.72. The summed E-state index contributed by atoms with van der Waals surface area (Å²) in [7, 11) is 1.33. The number of azide groups is 1. The summed E-state index contributed by atoms with van der Waals surface area (Å²) in [5, 5.41) is 48.6. The van der Waals surface area contributed by atoms with Crippen LogP contribution in [0.15, 0.2) is 23.3 Å². The van der Waals surface area contributed by atoms with Gasteiger partial charge >= 0.3 is 0 Å². The number of hydrogen-bond donors (Lipinski definition) is 4. The van der Waals surface area contributed by atoms with Crippen LogP contribution >= 0.6 is 0 Å². The van der Waals surface area contributed by atoms with Gasteiger partial charge in [-0.15, -0.1) is 0 Å². The molecule has 0 radical (unpaired) electrons. The monoisotopic (exact) mass is 667 g/mol. The van der Waals surface area contributed by atoms with Gasteiger partial charge in [-0.05, 0) is 38.8 Å². The second-order valence-electron chi connectivity index (χ2n) is 12.8. The van der Waals surface area contributed by atoms with E-state index in [1.165, 1.54) is 32.2 Å². The maximum Gasteiger partial charge on any atom is 0.202 e. The molecule has 2 fully saturated rings. The molecule has 2 aromatic carbocycles. The molecular weight excluding hydrogens is 630 g/mol. The first-order valence-electron chi connectivity index (χ1n) is 15.7. The van der Waals surface area contributed by atoms with E-state index in [1.54, 1.807) is 13.8 Å². The highest BCUT2D eigenvalue weighted by molar-refractivity contribution is 6.31. The molecular formula is C33H37N3O12. The average Bonchev–Trinajstić information content (AvgIpc) is 3.04. The summed E-state index contributed by atoms with van der Waals surface area (Å²) in [6.45, 7) is 4.57. The Kier molecular flexibility index (Phi) is 8.98. The molecule has 256 valence electrons. The van der Waals surface area contributed by atoms with Gasteiger partial charge in [-0.2, -0.15) is 0 Å². The van der Waals surface area contributed by atoms with Crippen LogP contribution in [0.5, 0.6) is 17.2 Å². The van der Waals surface area contributed by atoms with Gasteiger partial charge in [0.05, 0.1) is 60.4 Å². The molecule has 0 amide bonds. The Labute approximate surface area is 274 Å². The molecule has 2 aromatic rings. The third kappa shape index (κ3) is 5.60. The van der Waals surface area contributed by atoms with Crippen molar-refractivity contribution in [1.82, 2.24) is 0 Å². The number of hydrogen-bond acceptors (Lipinski definition) is 13. The normalized spacial score (nSPS) is 32.8. The number of carbonyl (C=O) groups is 3. The maximum absolute atomic E-state index is 13.9. The minimum Gasteiger partial charge on any atom is -0.507 e. The van der Waals surface area contributed by atoms with Gasteiger partial charge in [-0.25, -0.2) is 0 Å². The fourth-order valence-corrected chi connectivity index (χ4v) is 7.19. The molecule has 15 heteroatoms. The van der Waals surface area contributed by atoms with Crippen molar-refractivity contribution in [2.45, 2.75) is 108 Å². The van der Waals surface area contributed by atoms with Crippen LogP contribution in [0.4, 0.5) is 0 Å². The van der Waals surface area contributed by atoms with Crippen molar-refractivity contribution in [3.05, 3.63) is 62.0 Å². The second kappa shape index (κ2) is 12.7. The zero-order valence-corrected chi connectivity index (χ0v) is 26.8. The van der Waals surface area contributed by atoms with Crippen molar-refractivity contribution in [2.75, 3.05) is 7.11 Å².